The van der Waals surface area contributed by atoms with Gasteiger partial charge in [0.25, 0.3) is 0 Å². The highest BCUT2D eigenvalue weighted by Crippen LogP contribution is 2.12. The summed E-state index contributed by atoms with van der Waals surface area (Å²) in [4.78, 5) is 54.4. The zero-order valence-corrected chi connectivity index (χ0v) is 22.6. The number of guanidine groups is 1. The van der Waals surface area contributed by atoms with Crippen LogP contribution in [0, 0.1) is 0 Å². The van der Waals surface area contributed by atoms with Crippen molar-refractivity contribution in [3.05, 3.63) is 29.8 Å². The van der Waals surface area contributed by atoms with Crippen molar-refractivity contribution in [3.63, 3.8) is 0 Å². The van der Waals surface area contributed by atoms with Gasteiger partial charge in [-0.05, 0) is 56.3 Å². The molecule has 15 heteroatoms. The molecule has 3 amide bonds. The number of hydrogen-bond donors (Lipinski definition) is 10. The fourth-order valence-electron chi connectivity index (χ4n) is 3.51. The first kappa shape index (κ1) is 33.5. The van der Waals surface area contributed by atoms with Crippen molar-refractivity contribution < 1.29 is 29.4 Å². The maximum absolute atomic E-state index is 13.2. The minimum absolute atomic E-state index is 0.0127. The molecule has 1 aromatic rings. The predicted molar refractivity (Wildman–Crippen MR) is 150 cm³/mol. The van der Waals surface area contributed by atoms with Crippen molar-refractivity contribution in [2.45, 2.75) is 62.7 Å². The smallest absolute Gasteiger partial charge is 0.326 e. The summed E-state index contributed by atoms with van der Waals surface area (Å²) in [7, 11) is 0. The minimum atomic E-state index is -1.27. The number of carbonyl (C=O) groups is 4. The van der Waals surface area contributed by atoms with Gasteiger partial charge in [-0.2, -0.15) is 12.6 Å². The number of rotatable bonds is 18. The maximum atomic E-state index is 13.2. The highest BCUT2D eigenvalue weighted by Gasteiger charge is 2.30. The van der Waals surface area contributed by atoms with E-state index in [0.717, 1.165) is 0 Å². The largest absolute Gasteiger partial charge is 0.508 e. The van der Waals surface area contributed by atoms with Gasteiger partial charge in [-0.25, -0.2) is 4.79 Å². The van der Waals surface area contributed by atoms with Gasteiger partial charge in [-0.15, -0.1) is 0 Å². The summed E-state index contributed by atoms with van der Waals surface area (Å²) in [6.07, 6.45) is 1.68. The first-order chi connectivity index (χ1) is 18.5. The normalized spacial score (nSPS) is 13.8. The number of carboxylic acid groups (broad SMARTS) is 1. The van der Waals surface area contributed by atoms with Crippen molar-refractivity contribution in [2.24, 2.45) is 27.9 Å². The molecule has 218 valence electrons. The lowest BCUT2D eigenvalue weighted by Crippen LogP contribution is -2.57. The maximum Gasteiger partial charge on any atom is 0.326 e. The van der Waals surface area contributed by atoms with Gasteiger partial charge >= 0.3 is 5.97 Å². The fraction of sp³-hybridized carbons (Fsp3) is 0.542. The molecule has 13 N–H and O–H groups in total. The second-order valence-corrected chi connectivity index (χ2v) is 9.28. The van der Waals surface area contributed by atoms with Crippen LogP contribution >= 0.6 is 12.6 Å². The van der Waals surface area contributed by atoms with E-state index in [2.05, 4.69) is 33.6 Å². The monoisotopic (exact) mass is 568 g/mol. The molecule has 1 aromatic carbocycles. The van der Waals surface area contributed by atoms with Gasteiger partial charge in [-0.3, -0.25) is 19.4 Å². The first-order valence-corrected chi connectivity index (χ1v) is 13.1. The van der Waals surface area contributed by atoms with Gasteiger partial charge in [0.05, 0.1) is 6.04 Å². The van der Waals surface area contributed by atoms with E-state index in [0.29, 0.717) is 24.9 Å². The molecular weight excluding hydrogens is 528 g/mol. The molecular formula is C24H40N8O6S. The van der Waals surface area contributed by atoms with E-state index in [1.165, 1.54) is 12.1 Å². The number of unbranched alkanes of at least 4 members (excludes halogenated alkanes) is 1. The van der Waals surface area contributed by atoms with Crippen molar-refractivity contribution in [2.75, 3.05) is 18.8 Å². The number of carboxylic acids is 1. The summed E-state index contributed by atoms with van der Waals surface area (Å²) in [5, 5.41) is 26.9. The Morgan fingerprint density at radius 1 is 0.872 bits per heavy atom. The van der Waals surface area contributed by atoms with Crippen molar-refractivity contribution in [1.29, 1.82) is 0 Å². The molecule has 0 aliphatic rings. The van der Waals surface area contributed by atoms with Crippen LogP contribution in [0.3, 0.4) is 0 Å². The van der Waals surface area contributed by atoms with Crippen molar-refractivity contribution >= 4 is 42.3 Å². The number of amides is 3. The zero-order chi connectivity index (χ0) is 29.4. The van der Waals surface area contributed by atoms with Gasteiger partial charge in [0.1, 0.15) is 23.9 Å². The molecule has 4 atom stereocenters. The van der Waals surface area contributed by atoms with Gasteiger partial charge in [0.15, 0.2) is 5.96 Å². The third kappa shape index (κ3) is 13.2. The van der Waals surface area contributed by atoms with Crippen LogP contribution in [0.15, 0.2) is 29.3 Å². The number of benzene rings is 1. The lowest BCUT2D eigenvalue weighted by molar-refractivity contribution is -0.142. The molecule has 0 aliphatic heterocycles. The summed E-state index contributed by atoms with van der Waals surface area (Å²) in [5.41, 5.74) is 22.4. The van der Waals surface area contributed by atoms with E-state index >= 15 is 0 Å². The van der Waals surface area contributed by atoms with E-state index < -0.39 is 47.9 Å². The summed E-state index contributed by atoms with van der Waals surface area (Å²) in [6, 6.07) is 1.56. The van der Waals surface area contributed by atoms with Crippen LogP contribution < -0.4 is 38.9 Å². The Kier molecular flexibility index (Phi) is 15.3. The molecule has 0 spiro atoms. The van der Waals surface area contributed by atoms with E-state index in [4.69, 9.17) is 22.9 Å². The van der Waals surface area contributed by atoms with E-state index in [1.54, 1.807) is 12.1 Å². The fourth-order valence-corrected chi connectivity index (χ4v) is 3.67. The quantitative estimate of drug-likeness (QED) is 0.0399. The van der Waals surface area contributed by atoms with E-state index in [9.17, 15) is 29.4 Å². The number of aliphatic carboxylic acids is 1. The molecule has 39 heavy (non-hydrogen) atoms. The Bertz CT molecular complexity index is 974. The lowest BCUT2D eigenvalue weighted by atomic mass is 10.0. The number of nitrogens with two attached hydrogens (primary N) is 4. The number of aliphatic imine (C=N–C) groups is 1. The summed E-state index contributed by atoms with van der Waals surface area (Å²) in [5.74, 6) is -3.30. The minimum Gasteiger partial charge on any atom is -0.508 e. The Balaban J connectivity index is 3.11. The summed E-state index contributed by atoms with van der Waals surface area (Å²) < 4.78 is 0. The standard InChI is InChI=1S/C24H40N8O6S/c25-10-2-1-4-17(30-20(34)16(26)13-39)21(35)32-19(12-14-6-8-15(33)9-7-14)22(36)31-18(23(37)38)5-3-11-29-24(27)28/h6-9,16-19,33,39H,1-5,10-13,25-26H2,(H,30,34)(H,31,36)(H,32,35)(H,37,38)(H4,27,28,29). The third-order valence-corrected chi connectivity index (χ3v) is 6.08. The average Bonchev–Trinajstić information content (AvgIpc) is 2.89. The van der Waals surface area contributed by atoms with Gasteiger partial charge in [0, 0.05) is 18.7 Å². The van der Waals surface area contributed by atoms with Crippen LogP contribution in [0.25, 0.3) is 0 Å². The zero-order valence-electron chi connectivity index (χ0n) is 21.7. The highest BCUT2D eigenvalue weighted by atomic mass is 32.1. The van der Waals surface area contributed by atoms with Crippen LogP contribution in [0.1, 0.15) is 37.7 Å². The van der Waals surface area contributed by atoms with Crippen molar-refractivity contribution in [3.8, 4) is 5.75 Å². The number of phenols is 1. The molecule has 14 nitrogen and oxygen atoms in total. The van der Waals surface area contributed by atoms with Gasteiger partial charge in [-0.1, -0.05) is 12.1 Å². The summed E-state index contributed by atoms with van der Waals surface area (Å²) in [6.45, 7) is 0.568. The average molecular weight is 569 g/mol. The number of nitrogens with zero attached hydrogens (tertiary/aromatic N) is 1. The van der Waals surface area contributed by atoms with E-state index in [-0.39, 0.29) is 49.7 Å². The Morgan fingerprint density at radius 2 is 1.44 bits per heavy atom. The number of hydrogen-bond acceptors (Lipinski definition) is 9. The van der Waals surface area contributed by atoms with Gasteiger partial charge < -0.3 is 49.1 Å². The van der Waals surface area contributed by atoms with E-state index in [1.807, 2.05) is 0 Å². The molecule has 0 saturated heterocycles. The second kappa shape index (κ2) is 17.9. The molecule has 0 aromatic heterocycles. The number of nitrogens with one attached hydrogen (secondary N) is 3. The Labute approximate surface area is 232 Å². The number of carbonyl (C=O) groups excluding carboxylic acids is 3. The number of phenolic OH excluding ortho intramolecular Hbond substituents is 1. The number of aromatic hydroxyl groups is 1. The molecule has 1 rings (SSSR count). The molecule has 0 heterocycles. The van der Waals surface area contributed by atoms with Crippen LogP contribution in [-0.4, -0.2) is 82.9 Å². The van der Waals surface area contributed by atoms with Gasteiger partial charge in [0.2, 0.25) is 17.7 Å². The number of thiol groups is 1. The second-order valence-electron chi connectivity index (χ2n) is 8.91. The topological polar surface area (TPSA) is 261 Å². The highest BCUT2D eigenvalue weighted by molar-refractivity contribution is 7.80. The lowest BCUT2D eigenvalue weighted by Gasteiger charge is -2.25. The summed E-state index contributed by atoms with van der Waals surface area (Å²) >= 11 is 4.01. The third-order valence-electron chi connectivity index (χ3n) is 5.68. The van der Waals surface area contributed by atoms with Crippen molar-refractivity contribution in [1.82, 2.24) is 16.0 Å². The Hall–Kier alpha value is -3.56. The first-order valence-electron chi connectivity index (χ1n) is 12.5. The predicted octanol–water partition coefficient (Wildman–Crippen LogP) is -2.09. The molecule has 0 radical (unpaired) electrons. The SMILES string of the molecule is NCCCCC(NC(=O)C(N)CS)C(=O)NC(Cc1ccc(O)cc1)C(=O)NC(CCCN=C(N)N)C(=O)O. The van der Waals surface area contributed by atoms with Crippen LogP contribution in [0.5, 0.6) is 5.75 Å². The molecule has 0 bridgehead atoms. The van der Waals surface area contributed by atoms with Crippen LogP contribution in [-0.2, 0) is 25.6 Å². The molecule has 0 saturated carbocycles. The molecule has 0 fully saturated rings. The molecule has 0 aliphatic carbocycles. The Morgan fingerprint density at radius 3 is 2.00 bits per heavy atom. The molecule has 4 unspecified atom stereocenters. The van der Waals surface area contributed by atoms with Crippen LogP contribution in [0.2, 0.25) is 0 Å². The van der Waals surface area contributed by atoms with Crippen LogP contribution in [0.4, 0.5) is 0 Å².